The molecule has 2 N–H and O–H groups in total. The van der Waals surface area contributed by atoms with Crippen LogP contribution in [0.25, 0.3) is 22.3 Å². The van der Waals surface area contributed by atoms with Crippen LogP contribution in [0.3, 0.4) is 0 Å². The summed E-state index contributed by atoms with van der Waals surface area (Å²) in [6.45, 7) is 5.28. The summed E-state index contributed by atoms with van der Waals surface area (Å²) < 4.78 is 12.6. The van der Waals surface area contributed by atoms with Crippen molar-refractivity contribution in [3.8, 4) is 17.0 Å². The summed E-state index contributed by atoms with van der Waals surface area (Å²) in [7, 11) is 3.42. The molecule has 0 aliphatic carbocycles. The lowest BCUT2D eigenvalue weighted by atomic mass is 10.1. The molecule has 10 nitrogen and oxygen atoms in total. The number of methoxy groups -OCH3 is 1. The minimum atomic E-state index is -0.187. The lowest BCUT2D eigenvalue weighted by Gasteiger charge is -2.20. The van der Waals surface area contributed by atoms with Crippen LogP contribution < -0.4 is 20.5 Å². The molecule has 3 aromatic rings. The zero-order valence-electron chi connectivity index (χ0n) is 19.5. The van der Waals surface area contributed by atoms with Crippen molar-refractivity contribution in [2.45, 2.75) is 19.9 Å². The van der Waals surface area contributed by atoms with Crippen molar-refractivity contribution in [3.05, 3.63) is 41.1 Å². The van der Waals surface area contributed by atoms with E-state index in [-0.39, 0.29) is 12.2 Å². The molecule has 0 fully saturated rings. The number of rotatable bonds is 13. The van der Waals surface area contributed by atoms with Crippen molar-refractivity contribution in [1.82, 2.24) is 24.8 Å². The van der Waals surface area contributed by atoms with Gasteiger partial charge in [-0.3, -0.25) is 14.8 Å². The Morgan fingerprint density at radius 1 is 1.18 bits per heavy atom. The summed E-state index contributed by atoms with van der Waals surface area (Å²) in [5.41, 5.74) is 2.58. The Balaban J connectivity index is 2.00. The maximum atomic E-state index is 13.4. The van der Waals surface area contributed by atoms with Crippen molar-refractivity contribution in [1.29, 1.82) is 0 Å². The van der Waals surface area contributed by atoms with E-state index in [1.807, 2.05) is 31.0 Å². The number of nitrogens with zero attached hydrogens (tertiary/aromatic N) is 5. The minimum absolute atomic E-state index is 0.0688. The van der Waals surface area contributed by atoms with Gasteiger partial charge in [-0.2, -0.15) is 0 Å². The molecule has 0 bridgehead atoms. The van der Waals surface area contributed by atoms with E-state index in [1.165, 1.54) is 0 Å². The van der Waals surface area contributed by atoms with Crippen molar-refractivity contribution in [3.63, 3.8) is 0 Å². The molecule has 0 aliphatic rings. The van der Waals surface area contributed by atoms with Gasteiger partial charge in [0.2, 0.25) is 0 Å². The smallest absolute Gasteiger partial charge is 0.294 e. The van der Waals surface area contributed by atoms with E-state index in [4.69, 9.17) is 14.6 Å². The topological polar surface area (TPSA) is 115 Å². The average molecular weight is 457 g/mol. The zero-order chi connectivity index (χ0) is 23.6. The van der Waals surface area contributed by atoms with Crippen LogP contribution in [0.4, 0.5) is 5.82 Å². The predicted molar refractivity (Wildman–Crippen MR) is 128 cm³/mol. The van der Waals surface area contributed by atoms with E-state index in [9.17, 15) is 4.79 Å². The number of anilines is 1. The van der Waals surface area contributed by atoms with Crippen LogP contribution in [0.2, 0.25) is 0 Å². The zero-order valence-corrected chi connectivity index (χ0v) is 19.5. The minimum Gasteiger partial charge on any atom is -0.495 e. The van der Waals surface area contributed by atoms with Crippen molar-refractivity contribution >= 4 is 16.9 Å². The lowest BCUT2D eigenvalue weighted by molar-refractivity contribution is 0.127. The van der Waals surface area contributed by atoms with E-state index in [1.54, 1.807) is 30.3 Å². The highest BCUT2D eigenvalue weighted by Gasteiger charge is 2.16. The van der Waals surface area contributed by atoms with Crippen LogP contribution in [0.1, 0.15) is 13.3 Å². The first-order valence-corrected chi connectivity index (χ1v) is 11.1. The number of aliphatic hydroxyl groups excluding tert-OH is 1. The van der Waals surface area contributed by atoms with Gasteiger partial charge in [0.25, 0.3) is 5.56 Å². The van der Waals surface area contributed by atoms with Gasteiger partial charge in [0.15, 0.2) is 5.82 Å². The SMILES string of the molecule is CCCOCCn1c(=O)c(N(C)CCNCCO)nc2cnc(-c3cncc(OC)c3)cc21. The molecule has 0 unspecified atom stereocenters. The molecule has 3 heterocycles. The van der Waals surface area contributed by atoms with Crippen molar-refractivity contribution in [2.24, 2.45) is 0 Å². The number of hydrogen-bond donors (Lipinski definition) is 2. The van der Waals surface area contributed by atoms with Gasteiger partial charge in [0.05, 0.1) is 43.9 Å². The number of aromatic nitrogens is 4. The summed E-state index contributed by atoms with van der Waals surface area (Å²) in [5.74, 6) is 0.978. The van der Waals surface area contributed by atoms with Gasteiger partial charge in [0, 0.05) is 51.6 Å². The van der Waals surface area contributed by atoms with Gasteiger partial charge in [-0.15, -0.1) is 0 Å². The number of hydrogen-bond acceptors (Lipinski definition) is 9. The van der Waals surface area contributed by atoms with Crippen molar-refractivity contribution < 1.29 is 14.6 Å². The largest absolute Gasteiger partial charge is 0.495 e. The van der Waals surface area contributed by atoms with E-state index in [0.717, 1.165) is 12.0 Å². The first kappa shape index (κ1) is 24.6. The second-order valence-corrected chi connectivity index (χ2v) is 7.57. The third-order valence-electron chi connectivity index (χ3n) is 5.14. The maximum Gasteiger partial charge on any atom is 0.294 e. The Morgan fingerprint density at radius 2 is 2.03 bits per heavy atom. The summed E-state index contributed by atoms with van der Waals surface area (Å²) in [6, 6.07) is 3.70. The molecular formula is C23H32N6O4. The quantitative estimate of drug-likeness (QED) is 0.367. The molecule has 0 spiro atoms. The van der Waals surface area contributed by atoms with Gasteiger partial charge in [-0.05, 0) is 18.6 Å². The Hall–Kier alpha value is -3.08. The molecule has 0 aromatic carbocycles. The van der Waals surface area contributed by atoms with Gasteiger partial charge in [-0.25, -0.2) is 4.98 Å². The first-order valence-electron chi connectivity index (χ1n) is 11.1. The number of pyridine rings is 2. The molecule has 3 rings (SSSR count). The molecule has 0 saturated heterocycles. The maximum absolute atomic E-state index is 13.4. The molecule has 0 amide bonds. The number of aliphatic hydroxyl groups is 1. The normalized spacial score (nSPS) is 11.2. The second-order valence-electron chi connectivity index (χ2n) is 7.57. The fourth-order valence-corrected chi connectivity index (χ4v) is 3.39. The molecule has 0 atom stereocenters. The molecule has 3 aromatic heterocycles. The average Bonchev–Trinajstić information content (AvgIpc) is 2.85. The monoisotopic (exact) mass is 456 g/mol. The summed E-state index contributed by atoms with van der Waals surface area (Å²) in [6.07, 6.45) is 5.93. The van der Waals surface area contributed by atoms with E-state index in [2.05, 4.69) is 20.3 Å². The molecule has 0 aliphatic heterocycles. The number of fused-ring (bicyclic) bond motifs is 1. The molecule has 0 saturated carbocycles. The van der Waals surface area contributed by atoms with Gasteiger partial charge >= 0.3 is 0 Å². The Labute approximate surface area is 193 Å². The van der Waals surface area contributed by atoms with E-state index >= 15 is 0 Å². The fraction of sp³-hybridized carbons (Fsp3) is 0.478. The highest BCUT2D eigenvalue weighted by Crippen LogP contribution is 2.24. The molecule has 0 radical (unpaired) electrons. The third-order valence-corrected chi connectivity index (χ3v) is 5.14. The highest BCUT2D eigenvalue weighted by molar-refractivity contribution is 5.80. The van der Waals surface area contributed by atoms with Crippen LogP contribution in [0.5, 0.6) is 5.75 Å². The molecule has 10 heteroatoms. The lowest BCUT2D eigenvalue weighted by Crippen LogP contribution is -2.36. The number of ether oxygens (including phenoxy) is 2. The third kappa shape index (κ3) is 6.25. The highest BCUT2D eigenvalue weighted by atomic mass is 16.5. The number of likely N-dealkylation sites (N-methyl/N-ethyl adjacent to an activating group) is 1. The summed E-state index contributed by atoms with van der Waals surface area (Å²) in [4.78, 5) is 28.6. The van der Waals surface area contributed by atoms with Crippen LogP contribution in [-0.2, 0) is 11.3 Å². The van der Waals surface area contributed by atoms with Gasteiger partial charge in [-0.1, -0.05) is 6.92 Å². The fourth-order valence-electron chi connectivity index (χ4n) is 3.39. The summed E-state index contributed by atoms with van der Waals surface area (Å²) >= 11 is 0. The molecular weight excluding hydrogens is 424 g/mol. The standard InChI is InChI=1S/C23H32N6O4/c1-4-10-33-11-8-29-21-13-19(17-12-18(32-3)15-25-14-17)26-16-20(21)27-22(23(29)31)28(2)7-5-24-6-9-30/h12-16,24,30H,4-11H2,1-3H3. The van der Waals surface area contributed by atoms with Crippen LogP contribution in [-0.4, -0.2) is 78.2 Å². The number of nitrogens with one attached hydrogen (secondary N) is 1. The van der Waals surface area contributed by atoms with E-state index < -0.39 is 0 Å². The van der Waals surface area contributed by atoms with Crippen LogP contribution >= 0.6 is 0 Å². The Morgan fingerprint density at radius 3 is 2.79 bits per heavy atom. The Kier molecular flexibility index (Phi) is 9.11. The summed E-state index contributed by atoms with van der Waals surface area (Å²) in [5, 5.41) is 12.0. The van der Waals surface area contributed by atoms with E-state index in [0.29, 0.717) is 67.7 Å². The molecule has 33 heavy (non-hydrogen) atoms. The van der Waals surface area contributed by atoms with Crippen LogP contribution in [0, 0.1) is 0 Å². The first-order chi connectivity index (χ1) is 16.1. The molecule has 178 valence electrons. The van der Waals surface area contributed by atoms with Crippen molar-refractivity contribution in [2.75, 3.05) is 58.5 Å². The van der Waals surface area contributed by atoms with Crippen LogP contribution in [0.15, 0.2) is 35.5 Å². The van der Waals surface area contributed by atoms with Gasteiger partial charge in [0.1, 0.15) is 11.3 Å². The Bertz CT molecular complexity index is 1100. The second kappa shape index (κ2) is 12.2. The predicted octanol–water partition coefficient (Wildman–Crippen LogP) is 1.31. The van der Waals surface area contributed by atoms with Gasteiger partial charge < -0.3 is 29.4 Å².